The Labute approximate surface area is 147 Å². The van der Waals surface area contributed by atoms with Crippen LogP contribution in [0.25, 0.3) is 0 Å². The molecule has 2 fully saturated rings. The predicted octanol–water partition coefficient (Wildman–Crippen LogP) is 3.68. The number of carbonyl (C=O) groups is 1. The maximum absolute atomic E-state index is 12.6. The van der Waals surface area contributed by atoms with E-state index in [1.54, 1.807) is 4.90 Å². The predicted molar refractivity (Wildman–Crippen MR) is 91.8 cm³/mol. The van der Waals surface area contributed by atoms with Crippen LogP contribution in [0.2, 0.25) is 0 Å². The zero-order chi connectivity index (χ0) is 17.2. The molecular formula is C20H21NO4. The molecule has 2 aromatic carbocycles. The second kappa shape index (κ2) is 6.86. The van der Waals surface area contributed by atoms with Crippen LogP contribution in [-0.2, 0) is 14.2 Å². The second-order valence-electron chi connectivity index (χ2n) is 6.19. The Morgan fingerprint density at radius 2 is 1.72 bits per heavy atom. The molecule has 0 aromatic heterocycles. The summed E-state index contributed by atoms with van der Waals surface area (Å²) in [5.41, 5.74) is 2.14. The fraction of sp³-hybridized carbons (Fsp3) is 0.350. The minimum absolute atomic E-state index is 0.0438. The zero-order valence-electron chi connectivity index (χ0n) is 14.1. The summed E-state index contributed by atoms with van der Waals surface area (Å²) in [5.74, 6) is 0. The Balaban J connectivity index is 1.56. The maximum atomic E-state index is 12.6. The molecule has 25 heavy (non-hydrogen) atoms. The van der Waals surface area contributed by atoms with E-state index in [9.17, 15) is 4.79 Å². The van der Waals surface area contributed by atoms with Crippen molar-refractivity contribution in [2.24, 2.45) is 0 Å². The van der Waals surface area contributed by atoms with Crippen molar-refractivity contribution in [1.29, 1.82) is 0 Å². The number of amides is 1. The third-order valence-corrected chi connectivity index (χ3v) is 4.63. The third-order valence-electron chi connectivity index (χ3n) is 4.63. The summed E-state index contributed by atoms with van der Waals surface area (Å²) in [6.07, 6.45) is -1.01. The Bertz CT molecular complexity index is 721. The minimum Gasteiger partial charge on any atom is -0.450 e. The molecule has 0 unspecified atom stereocenters. The summed E-state index contributed by atoms with van der Waals surface area (Å²) in [5, 5.41) is 0. The van der Waals surface area contributed by atoms with Gasteiger partial charge in [-0.05, 0) is 18.1 Å². The molecule has 2 aliphatic heterocycles. The Kier molecular flexibility index (Phi) is 4.42. The molecule has 0 N–H and O–H groups in total. The molecule has 0 saturated carbocycles. The van der Waals surface area contributed by atoms with E-state index in [1.165, 1.54) is 0 Å². The summed E-state index contributed by atoms with van der Waals surface area (Å²) in [6, 6.07) is 19.7. The molecule has 0 aliphatic carbocycles. The highest BCUT2D eigenvalue weighted by molar-refractivity contribution is 5.69. The normalized spacial score (nSPS) is 28.0. The topological polar surface area (TPSA) is 51.3 Å². The highest BCUT2D eigenvalue weighted by Gasteiger charge is 2.54. The van der Waals surface area contributed by atoms with Crippen molar-refractivity contribution in [1.82, 2.24) is 4.90 Å². The molecule has 2 saturated heterocycles. The van der Waals surface area contributed by atoms with Crippen LogP contribution in [0.5, 0.6) is 0 Å². The lowest BCUT2D eigenvalue weighted by molar-refractivity contribution is 0.00522. The molecule has 5 nitrogen and oxygen atoms in total. The van der Waals surface area contributed by atoms with Gasteiger partial charge in [-0.1, -0.05) is 60.7 Å². The molecule has 0 radical (unpaired) electrons. The fourth-order valence-electron chi connectivity index (χ4n) is 3.39. The van der Waals surface area contributed by atoms with E-state index in [0.29, 0.717) is 13.2 Å². The van der Waals surface area contributed by atoms with E-state index in [1.807, 2.05) is 67.6 Å². The number of benzene rings is 2. The second-order valence-corrected chi connectivity index (χ2v) is 6.19. The van der Waals surface area contributed by atoms with Crippen molar-refractivity contribution in [3.63, 3.8) is 0 Å². The van der Waals surface area contributed by atoms with Gasteiger partial charge in [-0.15, -0.1) is 0 Å². The van der Waals surface area contributed by atoms with Gasteiger partial charge in [-0.2, -0.15) is 0 Å². The molecule has 0 spiro atoms. The van der Waals surface area contributed by atoms with E-state index in [-0.39, 0.29) is 24.3 Å². The molecular weight excluding hydrogens is 318 g/mol. The van der Waals surface area contributed by atoms with Gasteiger partial charge in [-0.25, -0.2) is 4.79 Å². The smallest absolute Gasteiger partial charge is 0.412 e. The monoisotopic (exact) mass is 339 g/mol. The molecule has 2 aromatic rings. The van der Waals surface area contributed by atoms with Crippen molar-refractivity contribution in [3.8, 4) is 0 Å². The summed E-state index contributed by atoms with van der Waals surface area (Å²) < 4.78 is 17.1. The lowest BCUT2D eigenvalue weighted by Crippen LogP contribution is -2.41. The van der Waals surface area contributed by atoms with Gasteiger partial charge < -0.3 is 14.2 Å². The molecule has 2 heterocycles. The Hall–Kier alpha value is -2.37. The van der Waals surface area contributed by atoms with Gasteiger partial charge in [0.1, 0.15) is 12.2 Å². The van der Waals surface area contributed by atoms with Crippen LogP contribution in [0.4, 0.5) is 4.79 Å². The Morgan fingerprint density at radius 3 is 2.36 bits per heavy atom. The SMILES string of the molecule is CCOC(=O)N1[C@@H](c2ccccc2)CO[C@H]1[C@H]1O[C@@H]1c1ccccc1. The molecule has 0 bridgehead atoms. The first kappa shape index (κ1) is 16.1. The van der Waals surface area contributed by atoms with Gasteiger partial charge in [0.05, 0.1) is 19.3 Å². The number of hydrogen-bond acceptors (Lipinski definition) is 4. The Morgan fingerprint density at radius 1 is 1.08 bits per heavy atom. The quantitative estimate of drug-likeness (QED) is 0.797. The molecule has 130 valence electrons. The molecule has 2 aliphatic rings. The van der Waals surface area contributed by atoms with Crippen LogP contribution < -0.4 is 0 Å². The van der Waals surface area contributed by atoms with Crippen molar-refractivity contribution in [3.05, 3.63) is 71.8 Å². The maximum Gasteiger partial charge on any atom is 0.412 e. The van der Waals surface area contributed by atoms with E-state index in [4.69, 9.17) is 14.2 Å². The van der Waals surface area contributed by atoms with E-state index < -0.39 is 6.23 Å². The van der Waals surface area contributed by atoms with Crippen LogP contribution >= 0.6 is 0 Å². The average molecular weight is 339 g/mol. The summed E-state index contributed by atoms with van der Waals surface area (Å²) in [7, 11) is 0. The largest absolute Gasteiger partial charge is 0.450 e. The molecule has 4 rings (SSSR count). The average Bonchev–Trinajstić information content (AvgIpc) is 3.33. The summed E-state index contributed by atoms with van der Waals surface area (Å²) in [4.78, 5) is 14.3. The van der Waals surface area contributed by atoms with Crippen LogP contribution in [0, 0.1) is 0 Å². The van der Waals surface area contributed by atoms with E-state index in [2.05, 4.69) is 0 Å². The first-order valence-corrected chi connectivity index (χ1v) is 8.61. The van der Waals surface area contributed by atoms with Gasteiger partial charge in [-0.3, -0.25) is 4.90 Å². The van der Waals surface area contributed by atoms with Gasteiger partial charge in [0.25, 0.3) is 0 Å². The van der Waals surface area contributed by atoms with Crippen molar-refractivity contribution >= 4 is 6.09 Å². The summed E-state index contributed by atoms with van der Waals surface area (Å²) in [6.45, 7) is 2.58. The van der Waals surface area contributed by atoms with Gasteiger partial charge in [0.2, 0.25) is 0 Å². The van der Waals surface area contributed by atoms with Gasteiger partial charge >= 0.3 is 6.09 Å². The lowest BCUT2D eigenvalue weighted by atomic mass is 10.1. The minimum atomic E-state index is -0.436. The number of rotatable bonds is 4. The van der Waals surface area contributed by atoms with Crippen LogP contribution in [0.3, 0.4) is 0 Å². The van der Waals surface area contributed by atoms with Crippen LogP contribution in [0.15, 0.2) is 60.7 Å². The molecule has 5 heteroatoms. The van der Waals surface area contributed by atoms with Crippen molar-refractivity contribution in [2.45, 2.75) is 31.4 Å². The summed E-state index contributed by atoms with van der Waals surface area (Å²) >= 11 is 0. The van der Waals surface area contributed by atoms with E-state index >= 15 is 0 Å². The van der Waals surface area contributed by atoms with Crippen LogP contribution in [0.1, 0.15) is 30.2 Å². The van der Waals surface area contributed by atoms with Gasteiger partial charge in [0.15, 0.2) is 6.23 Å². The van der Waals surface area contributed by atoms with Gasteiger partial charge in [0, 0.05) is 0 Å². The van der Waals surface area contributed by atoms with Crippen LogP contribution in [-0.4, -0.2) is 36.5 Å². The number of carbonyl (C=O) groups excluding carboxylic acids is 1. The highest BCUT2D eigenvalue weighted by Crippen LogP contribution is 2.46. The fourth-order valence-corrected chi connectivity index (χ4v) is 3.39. The van der Waals surface area contributed by atoms with Crippen molar-refractivity contribution < 1.29 is 19.0 Å². The first-order valence-electron chi connectivity index (χ1n) is 8.61. The lowest BCUT2D eigenvalue weighted by Gasteiger charge is -2.26. The van der Waals surface area contributed by atoms with Crippen molar-refractivity contribution in [2.75, 3.05) is 13.2 Å². The first-order chi connectivity index (χ1) is 12.3. The molecule has 1 amide bonds. The number of hydrogen-bond donors (Lipinski definition) is 0. The number of nitrogens with zero attached hydrogens (tertiary/aromatic N) is 1. The third kappa shape index (κ3) is 3.13. The van der Waals surface area contributed by atoms with E-state index in [0.717, 1.165) is 11.1 Å². The zero-order valence-corrected chi connectivity index (χ0v) is 14.1. The number of ether oxygens (including phenoxy) is 3. The molecule has 4 atom stereocenters. The highest BCUT2D eigenvalue weighted by atomic mass is 16.6. The number of epoxide rings is 1. The standard InChI is InChI=1S/C20H21NO4/c1-2-23-20(22)21-16(14-9-5-3-6-10-14)13-24-19(21)18-17(25-18)15-11-7-4-8-12-15/h3-12,16-19H,2,13H2,1H3/t16-,17-,18+,19+/m1/s1.